The second-order valence-corrected chi connectivity index (χ2v) is 10.4. The molecule has 1 aromatic carbocycles. The van der Waals surface area contributed by atoms with Crippen LogP contribution in [0.3, 0.4) is 0 Å². The third-order valence-corrected chi connectivity index (χ3v) is 7.79. The Morgan fingerprint density at radius 3 is 2.68 bits per heavy atom. The number of carbonyl (C=O) groups excluding carboxylic acids is 1. The quantitative estimate of drug-likeness (QED) is 0.439. The number of fused-ring (bicyclic) bond motifs is 1. The smallest absolute Gasteiger partial charge is 0.234 e. The Morgan fingerprint density at radius 1 is 1.19 bits per heavy atom. The summed E-state index contributed by atoms with van der Waals surface area (Å²) in [4.78, 5) is 23.4. The molecule has 168 valence electrons. The summed E-state index contributed by atoms with van der Waals surface area (Å²) in [5.74, 6) is 0.0731. The minimum atomic E-state index is 0. The van der Waals surface area contributed by atoms with Gasteiger partial charge in [0.1, 0.15) is 0 Å². The summed E-state index contributed by atoms with van der Waals surface area (Å²) in [6.45, 7) is 9.31. The molecule has 0 spiro atoms. The van der Waals surface area contributed by atoms with Gasteiger partial charge in [0.05, 0.1) is 34.2 Å². The van der Waals surface area contributed by atoms with Crippen LogP contribution in [0.25, 0.3) is 10.2 Å². The number of amides is 1. The van der Waals surface area contributed by atoms with E-state index in [0.717, 1.165) is 59.5 Å². The molecule has 1 saturated heterocycles. The number of aryl methyl sites for hydroxylation is 2. The van der Waals surface area contributed by atoms with Crippen molar-refractivity contribution in [3.63, 3.8) is 0 Å². The van der Waals surface area contributed by atoms with E-state index in [9.17, 15) is 4.79 Å². The lowest BCUT2D eigenvalue weighted by Crippen LogP contribution is -2.39. The Hall–Kier alpha value is -1.22. The first-order chi connectivity index (χ1) is 14.5. The van der Waals surface area contributed by atoms with Gasteiger partial charge in [-0.2, -0.15) is 0 Å². The zero-order valence-corrected chi connectivity index (χ0v) is 20.9. The highest BCUT2D eigenvalue weighted by Crippen LogP contribution is 2.33. The Bertz CT molecular complexity index is 1030. The lowest BCUT2D eigenvalue weighted by Gasteiger charge is -2.27. The molecule has 0 atom stereocenters. The highest BCUT2D eigenvalue weighted by Gasteiger charge is 2.22. The summed E-state index contributed by atoms with van der Waals surface area (Å²) < 4.78 is 7.27. The van der Waals surface area contributed by atoms with Crippen molar-refractivity contribution in [3.8, 4) is 0 Å². The van der Waals surface area contributed by atoms with Gasteiger partial charge in [-0.15, -0.1) is 23.7 Å². The van der Waals surface area contributed by atoms with Gasteiger partial charge in [-0.1, -0.05) is 29.0 Å². The van der Waals surface area contributed by atoms with Gasteiger partial charge in [-0.25, -0.2) is 4.98 Å². The van der Waals surface area contributed by atoms with Crippen molar-refractivity contribution in [1.82, 2.24) is 9.88 Å². The SMILES string of the molecule is Cc1ccc2sc(N(CCCN3CCOCC3)C(=O)Cc3ccc(Cl)s3)nc2c1C.Cl. The second-order valence-electron chi connectivity index (χ2n) is 7.59. The molecule has 4 rings (SSSR count). The van der Waals surface area contributed by atoms with E-state index in [1.807, 2.05) is 17.0 Å². The third kappa shape index (κ3) is 5.97. The Morgan fingerprint density at radius 2 is 1.97 bits per heavy atom. The van der Waals surface area contributed by atoms with E-state index in [-0.39, 0.29) is 18.3 Å². The average Bonchev–Trinajstić information content (AvgIpc) is 3.35. The van der Waals surface area contributed by atoms with Crippen LogP contribution in [-0.2, 0) is 16.0 Å². The number of nitrogens with zero attached hydrogens (tertiary/aromatic N) is 3. The molecule has 2 aromatic heterocycles. The molecule has 1 amide bonds. The number of thiophene rings is 1. The summed E-state index contributed by atoms with van der Waals surface area (Å²) in [7, 11) is 0. The lowest BCUT2D eigenvalue weighted by atomic mass is 10.1. The highest BCUT2D eigenvalue weighted by molar-refractivity contribution is 7.22. The van der Waals surface area contributed by atoms with Gasteiger partial charge < -0.3 is 4.74 Å². The number of anilines is 1. The molecule has 31 heavy (non-hydrogen) atoms. The molecule has 3 aromatic rings. The fourth-order valence-corrected chi connectivity index (χ4v) is 5.77. The van der Waals surface area contributed by atoms with Crippen LogP contribution < -0.4 is 4.90 Å². The molecule has 1 aliphatic rings. The van der Waals surface area contributed by atoms with E-state index in [2.05, 4.69) is 30.9 Å². The van der Waals surface area contributed by atoms with E-state index in [1.54, 1.807) is 11.3 Å². The molecule has 0 N–H and O–H groups in total. The number of carbonyl (C=O) groups is 1. The number of hydrogen-bond donors (Lipinski definition) is 0. The van der Waals surface area contributed by atoms with Crippen molar-refractivity contribution in [2.45, 2.75) is 26.7 Å². The van der Waals surface area contributed by atoms with Crippen LogP contribution >= 0.6 is 46.7 Å². The maximum absolute atomic E-state index is 13.3. The van der Waals surface area contributed by atoms with Crippen LogP contribution in [0, 0.1) is 13.8 Å². The number of hydrogen-bond acceptors (Lipinski definition) is 6. The van der Waals surface area contributed by atoms with Crippen molar-refractivity contribution >= 4 is 67.9 Å². The van der Waals surface area contributed by atoms with Crippen LogP contribution in [0.1, 0.15) is 22.4 Å². The molecule has 0 saturated carbocycles. The summed E-state index contributed by atoms with van der Waals surface area (Å²) in [6.07, 6.45) is 1.26. The summed E-state index contributed by atoms with van der Waals surface area (Å²) in [5, 5.41) is 0.785. The minimum absolute atomic E-state index is 0. The minimum Gasteiger partial charge on any atom is -0.379 e. The molecular weight excluding hydrogens is 473 g/mol. The van der Waals surface area contributed by atoms with Gasteiger partial charge in [0.25, 0.3) is 0 Å². The standard InChI is InChI=1S/C22H26ClN3O2S2.ClH/c1-15-4-6-18-21(16(15)2)24-22(30-18)26(9-3-8-25-10-12-28-13-11-25)20(27)14-17-5-7-19(23)29-17;/h4-7H,3,8-14H2,1-2H3;1H. The van der Waals surface area contributed by atoms with Gasteiger partial charge in [-0.05, 0) is 49.6 Å². The van der Waals surface area contributed by atoms with Crippen LogP contribution in [-0.4, -0.2) is 55.2 Å². The van der Waals surface area contributed by atoms with Crippen LogP contribution in [0.15, 0.2) is 24.3 Å². The maximum atomic E-state index is 13.3. The molecule has 1 fully saturated rings. The van der Waals surface area contributed by atoms with Gasteiger partial charge >= 0.3 is 0 Å². The van der Waals surface area contributed by atoms with E-state index in [0.29, 0.717) is 17.3 Å². The van der Waals surface area contributed by atoms with Crippen LogP contribution in [0.4, 0.5) is 5.13 Å². The summed E-state index contributed by atoms with van der Waals surface area (Å²) in [5.41, 5.74) is 3.40. The molecule has 0 bridgehead atoms. The first-order valence-electron chi connectivity index (χ1n) is 10.2. The van der Waals surface area contributed by atoms with Crippen molar-refractivity contribution in [2.75, 3.05) is 44.3 Å². The van der Waals surface area contributed by atoms with E-state index < -0.39 is 0 Å². The Labute approximate surface area is 202 Å². The number of morpholine rings is 1. The Balaban J connectivity index is 0.00000272. The molecule has 3 heterocycles. The first-order valence-corrected chi connectivity index (χ1v) is 12.2. The van der Waals surface area contributed by atoms with Crippen LogP contribution in [0.5, 0.6) is 0 Å². The number of ether oxygens (including phenoxy) is 1. The molecule has 0 radical (unpaired) electrons. The molecule has 1 aliphatic heterocycles. The Kier molecular flexibility index (Phi) is 8.73. The highest BCUT2D eigenvalue weighted by atomic mass is 35.5. The largest absolute Gasteiger partial charge is 0.379 e. The van der Waals surface area contributed by atoms with E-state index >= 15 is 0 Å². The molecular formula is C22H27Cl2N3O2S2. The zero-order chi connectivity index (χ0) is 21.1. The number of halogens is 2. The van der Waals surface area contributed by atoms with Gasteiger partial charge in [0, 0.05) is 31.1 Å². The predicted molar refractivity (Wildman–Crippen MR) is 134 cm³/mol. The van der Waals surface area contributed by atoms with E-state index in [4.69, 9.17) is 21.3 Å². The van der Waals surface area contributed by atoms with Crippen molar-refractivity contribution < 1.29 is 9.53 Å². The fourth-order valence-electron chi connectivity index (χ4n) is 3.63. The fraction of sp³-hybridized carbons (Fsp3) is 0.455. The van der Waals surface area contributed by atoms with Crippen molar-refractivity contribution in [1.29, 1.82) is 0 Å². The zero-order valence-electron chi connectivity index (χ0n) is 17.7. The predicted octanol–water partition coefficient (Wildman–Crippen LogP) is 5.35. The molecule has 9 heteroatoms. The second kappa shape index (κ2) is 11.1. The molecule has 5 nitrogen and oxygen atoms in total. The maximum Gasteiger partial charge on any atom is 0.234 e. The average molecular weight is 501 g/mol. The van der Waals surface area contributed by atoms with Gasteiger partial charge in [-0.3, -0.25) is 14.6 Å². The summed E-state index contributed by atoms with van der Waals surface area (Å²) >= 11 is 9.12. The number of aromatic nitrogens is 1. The number of benzene rings is 1. The van der Waals surface area contributed by atoms with Crippen LogP contribution in [0.2, 0.25) is 4.34 Å². The van der Waals surface area contributed by atoms with Gasteiger partial charge in [0.15, 0.2) is 5.13 Å². The normalized spacial score (nSPS) is 14.5. The monoisotopic (exact) mass is 499 g/mol. The third-order valence-electron chi connectivity index (χ3n) is 5.52. The first kappa shape index (κ1) is 24.4. The number of rotatable bonds is 7. The lowest BCUT2D eigenvalue weighted by molar-refractivity contribution is -0.118. The topological polar surface area (TPSA) is 45.7 Å². The van der Waals surface area contributed by atoms with Gasteiger partial charge in [0.2, 0.25) is 5.91 Å². The van der Waals surface area contributed by atoms with E-state index in [1.165, 1.54) is 22.5 Å². The molecule has 0 unspecified atom stereocenters. The van der Waals surface area contributed by atoms with Crippen molar-refractivity contribution in [3.05, 3.63) is 44.6 Å². The summed E-state index contributed by atoms with van der Waals surface area (Å²) in [6, 6.07) is 8.01. The van der Waals surface area contributed by atoms with Crippen molar-refractivity contribution in [2.24, 2.45) is 0 Å². The molecule has 0 aliphatic carbocycles. The number of thiazole rings is 1.